The quantitative estimate of drug-likeness (QED) is 0.133. The van der Waals surface area contributed by atoms with Crippen LogP contribution >= 0.6 is 0 Å². The number of nitrogens with two attached hydrogens (primary N) is 1. The lowest BCUT2D eigenvalue weighted by atomic mass is 9.88. The molecule has 4 N–H and O–H groups in total. The van der Waals surface area contributed by atoms with Gasteiger partial charge < -0.3 is 14.9 Å². The Morgan fingerprint density at radius 3 is 2.24 bits per heavy atom. The van der Waals surface area contributed by atoms with Gasteiger partial charge in [-0.2, -0.15) is 0 Å². The Morgan fingerprint density at radius 2 is 1.80 bits per heavy atom. The van der Waals surface area contributed by atoms with Crippen LogP contribution in [0.3, 0.4) is 0 Å². The third-order valence-corrected chi connectivity index (χ3v) is 8.06. The van der Waals surface area contributed by atoms with Crippen LogP contribution in [0.1, 0.15) is 110 Å². The third-order valence-electron chi connectivity index (χ3n) is 8.06. The SMILES string of the molecule is C=CC(C)/C(=C\N(C/C(C)=C\C)C1CC1)C[NH+](CC)CCC(CC)(CCc1ccc(C(=O)O)cc1)ON.CC.CC. The van der Waals surface area contributed by atoms with Crippen molar-refractivity contribution >= 4 is 5.97 Å². The summed E-state index contributed by atoms with van der Waals surface area (Å²) in [6.45, 7) is 27.0. The van der Waals surface area contributed by atoms with E-state index in [4.69, 9.17) is 15.8 Å². The van der Waals surface area contributed by atoms with Gasteiger partial charge in [-0.05, 0) is 70.6 Å². The molecule has 0 heterocycles. The first-order valence-corrected chi connectivity index (χ1v) is 15.9. The van der Waals surface area contributed by atoms with Gasteiger partial charge >= 0.3 is 5.97 Å². The van der Waals surface area contributed by atoms with Gasteiger partial charge in [0.25, 0.3) is 0 Å². The van der Waals surface area contributed by atoms with Gasteiger partial charge in [-0.3, -0.25) is 4.84 Å². The minimum atomic E-state index is -0.904. The summed E-state index contributed by atoms with van der Waals surface area (Å²) in [5, 5.41) is 9.14. The smallest absolute Gasteiger partial charge is 0.335 e. The van der Waals surface area contributed by atoms with Crippen molar-refractivity contribution in [2.24, 2.45) is 11.8 Å². The number of aryl methyl sites for hydroxylation is 1. The second-order valence-corrected chi connectivity index (χ2v) is 10.7. The monoisotopic (exact) mass is 572 g/mol. The molecule has 1 fully saturated rings. The number of nitrogens with one attached hydrogen (secondary N) is 1. The molecule has 3 atom stereocenters. The van der Waals surface area contributed by atoms with E-state index >= 15 is 0 Å². The van der Waals surface area contributed by atoms with E-state index in [1.807, 2.05) is 39.8 Å². The summed E-state index contributed by atoms with van der Waals surface area (Å²) in [5.74, 6) is 5.31. The summed E-state index contributed by atoms with van der Waals surface area (Å²) in [6.07, 6.45) is 12.5. The molecule has 6 heteroatoms. The number of benzene rings is 1. The van der Waals surface area contributed by atoms with Crippen LogP contribution in [0.25, 0.3) is 0 Å². The van der Waals surface area contributed by atoms with E-state index < -0.39 is 11.6 Å². The van der Waals surface area contributed by atoms with E-state index in [0.717, 1.165) is 57.4 Å². The number of allylic oxidation sites excluding steroid dienone is 2. The molecule has 1 saturated carbocycles. The lowest BCUT2D eigenvalue weighted by Crippen LogP contribution is -3.12. The normalized spacial score (nSPS) is 16.2. The van der Waals surface area contributed by atoms with Crippen LogP contribution in [0.4, 0.5) is 0 Å². The number of carbonyl (C=O) groups is 1. The summed E-state index contributed by atoms with van der Waals surface area (Å²) in [5.41, 5.74) is 3.83. The number of quaternary nitrogens is 1. The van der Waals surface area contributed by atoms with Crippen molar-refractivity contribution in [3.05, 3.63) is 71.5 Å². The van der Waals surface area contributed by atoms with Gasteiger partial charge in [0.05, 0.1) is 24.3 Å². The maximum atomic E-state index is 11.1. The number of carboxylic acid groups (broad SMARTS) is 1. The molecule has 3 unspecified atom stereocenters. The predicted molar refractivity (Wildman–Crippen MR) is 175 cm³/mol. The van der Waals surface area contributed by atoms with Crippen molar-refractivity contribution in [2.45, 2.75) is 112 Å². The molecule has 6 nitrogen and oxygen atoms in total. The Hall–Kier alpha value is -2.41. The lowest BCUT2D eigenvalue weighted by molar-refractivity contribution is -0.894. The van der Waals surface area contributed by atoms with E-state index in [2.05, 4.69) is 64.4 Å². The van der Waals surface area contributed by atoms with Gasteiger partial charge in [0.2, 0.25) is 0 Å². The summed E-state index contributed by atoms with van der Waals surface area (Å²) < 4.78 is 0. The molecular formula is C35H62N3O3+. The number of likely N-dealkylation sites (N-methyl/N-ethyl adjacent to an activating group) is 1. The lowest BCUT2D eigenvalue weighted by Gasteiger charge is -2.32. The zero-order valence-electron chi connectivity index (χ0n) is 27.8. The molecule has 0 bridgehead atoms. The van der Waals surface area contributed by atoms with E-state index in [1.54, 1.807) is 12.1 Å². The second kappa shape index (κ2) is 21.3. The fourth-order valence-corrected chi connectivity index (χ4v) is 4.70. The topological polar surface area (TPSA) is 80.2 Å². The molecule has 0 saturated heterocycles. The number of rotatable bonds is 18. The molecular weight excluding hydrogens is 510 g/mol. The zero-order valence-corrected chi connectivity index (χ0v) is 27.8. The van der Waals surface area contributed by atoms with Gasteiger partial charge in [0.15, 0.2) is 0 Å². The van der Waals surface area contributed by atoms with Crippen molar-refractivity contribution in [1.29, 1.82) is 0 Å². The molecule has 1 aliphatic rings. The van der Waals surface area contributed by atoms with Crippen molar-refractivity contribution < 1.29 is 19.6 Å². The molecule has 0 aromatic heterocycles. The number of hydrogen-bond donors (Lipinski definition) is 3. The minimum absolute atomic E-state index is 0.307. The highest BCUT2D eigenvalue weighted by molar-refractivity contribution is 5.87. The summed E-state index contributed by atoms with van der Waals surface area (Å²) in [6, 6.07) is 7.76. The van der Waals surface area contributed by atoms with Gasteiger partial charge in [0.1, 0.15) is 6.54 Å². The molecule has 234 valence electrons. The van der Waals surface area contributed by atoms with Gasteiger partial charge in [-0.1, -0.05) is 71.4 Å². The molecule has 1 aromatic rings. The highest BCUT2D eigenvalue weighted by atomic mass is 16.6. The zero-order chi connectivity index (χ0) is 31.4. The average molecular weight is 573 g/mol. The highest BCUT2D eigenvalue weighted by Gasteiger charge is 2.31. The Kier molecular flexibility index (Phi) is 20.1. The van der Waals surface area contributed by atoms with E-state index in [1.165, 1.54) is 28.9 Å². The largest absolute Gasteiger partial charge is 0.478 e. The molecule has 2 rings (SSSR count). The molecule has 0 amide bonds. The van der Waals surface area contributed by atoms with Crippen molar-refractivity contribution in [3.63, 3.8) is 0 Å². The number of aromatic carboxylic acids is 1. The van der Waals surface area contributed by atoms with Crippen LogP contribution in [0, 0.1) is 5.92 Å². The first-order valence-electron chi connectivity index (χ1n) is 15.9. The van der Waals surface area contributed by atoms with Crippen LogP contribution in [0.15, 0.2) is 60.3 Å². The fourth-order valence-electron chi connectivity index (χ4n) is 4.70. The van der Waals surface area contributed by atoms with Crippen molar-refractivity contribution in [1.82, 2.24) is 4.90 Å². The average Bonchev–Trinajstić information content (AvgIpc) is 3.87. The Morgan fingerprint density at radius 1 is 1.20 bits per heavy atom. The van der Waals surface area contributed by atoms with Crippen LogP contribution in [0.5, 0.6) is 0 Å². The number of nitrogens with zero attached hydrogens (tertiary/aromatic N) is 1. The molecule has 0 spiro atoms. The van der Waals surface area contributed by atoms with Crippen LogP contribution in [-0.4, -0.2) is 53.8 Å². The van der Waals surface area contributed by atoms with Crippen LogP contribution in [0.2, 0.25) is 0 Å². The first kappa shape index (κ1) is 38.6. The van der Waals surface area contributed by atoms with E-state index in [-0.39, 0.29) is 0 Å². The van der Waals surface area contributed by atoms with Gasteiger partial charge in [-0.25, -0.2) is 10.7 Å². The molecule has 0 aliphatic heterocycles. The predicted octanol–water partition coefficient (Wildman–Crippen LogP) is 6.84. The maximum absolute atomic E-state index is 11.1. The van der Waals surface area contributed by atoms with E-state index in [0.29, 0.717) is 17.5 Å². The molecule has 0 radical (unpaired) electrons. The standard InChI is InChI=1S/C31H49N3O3.2C2H6/c1-7-24(5)21-34(29-15-16-29)23-28(25(6)8-2)22-33(10-4)20-19-31(9-3,37-32)18-17-26-11-13-27(14-12-26)30(35)36;2*1-2/h7-8,11-14,23,25,29H,2,9-10,15-22,32H2,1,3-6H3,(H,35,36);2*1-2H3/p+1/b24-7-,28-23-;;. The molecule has 1 aliphatic carbocycles. The summed E-state index contributed by atoms with van der Waals surface area (Å²) in [4.78, 5) is 20.8. The number of hydrogen-bond acceptors (Lipinski definition) is 4. The highest BCUT2D eigenvalue weighted by Crippen LogP contribution is 2.29. The van der Waals surface area contributed by atoms with Crippen LogP contribution in [-0.2, 0) is 11.3 Å². The Labute approximate surface area is 252 Å². The molecule has 41 heavy (non-hydrogen) atoms. The maximum Gasteiger partial charge on any atom is 0.335 e. The third kappa shape index (κ3) is 13.9. The Bertz CT molecular complexity index is 915. The fraction of sp³-hybridized carbons (Fsp3) is 0.629. The first-order chi connectivity index (χ1) is 19.7. The van der Waals surface area contributed by atoms with Gasteiger partial charge in [0, 0.05) is 36.7 Å². The molecule has 1 aromatic carbocycles. The Balaban J connectivity index is 0.00000382. The number of carboxylic acids is 1. The minimum Gasteiger partial charge on any atom is -0.478 e. The second-order valence-electron chi connectivity index (χ2n) is 10.7. The van der Waals surface area contributed by atoms with Crippen molar-refractivity contribution in [3.8, 4) is 0 Å². The van der Waals surface area contributed by atoms with Gasteiger partial charge in [-0.15, -0.1) is 6.58 Å². The van der Waals surface area contributed by atoms with Crippen LogP contribution < -0.4 is 10.8 Å². The van der Waals surface area contributed by atoms with E-state index in [9.17, 15) is 4.79 Å². The summed E-state index contributed by atoms with van der Waals surface area (Å²) in [7, 11) is 0. The van der Waals surface area contributed by atoms with Crippen molar-refractivity contribution in [2.75, 3.05) is 26.2 Å². The summed E-state index contributed by atoms with van der Waals surface area (Å²) >= 11 is 0.